The molecular weight excluding hydrogens is 258 g/mol. The van der Waals surface area contributed by atoms with E-state index in [-0.39, 0.29) is 30.0 Å². The molecule has 0 saturated carbocycles. The number of benzene rings is 1. The molecule has 3 N–H and O–H groups in total. The number of nitrogen functional groups attached to an aromatic ring is 1. The fourth-order valence-corrected chi connectivity index (χ4v) is 1.79. The van der Waals surface area contributed by atoms with E-state index in [0.29, 0.717) is 11.4 Å². The van der Waals surface area contributed by atoms with E-state index in [2.05, 4.69) is 5.32 Å². The maximum atomic E-state index is 12.4. The summed E-state index contributed by atoms with van der Waals surface area (Å²) >= 11 is 0. The van der Waals surface area contributed by atoms with E-state index in [1.54, 1.807) is 25.2 Å². The van der Waals surface area contributed by atoms with Gasteiger partial charge in [-0.2, -0.15) is 0 Å². The smallest absolute Gasteiger partial charge is 0.259 e. The van der Waals surface area contributed by atoms with E-state index in [0.717, 1.165) is 0 Å². The Balaban J connectivity index is 2.87. The number of anilines is 1. The molecule has 1 aromatic carbocycles. The van der Waals surface area contributed by atoms with Gasteiger partial charge in [-0.15, -0.1) is 0 Å². The number of hydrogen-bond acceptors (Lipinski definition) is 4. The van der Waals surface area contributed by atoms with Crippen LogP contribution in [0.2, 0.25) is 0 Å². The van der Waals surface area contributed by atoms with Crippen molar-refractivity contribution in [3.8, 4) is 5.75 Å². The van der Waals surface area contributed by atoms with Crippen molar-refractivity contribution < 1.29 is 14.3 Å². The molecule has 20 heavy (non-hydrogen) atoms. The topological polar surface area (TPSA) is 84.7 Å². The molecule has 110 valence electrons. The zero-order valence-electron chi connectivity index (χ0n) is 12.3. The van der Waals surface area contributed by atoms with Gasteiger partial charge in [-0.05, 0) is 26.0 Å². The maximum Gasteiger partial charge on any atom is 0.259 e. The molecule has 0 aliphatic heterocycles. The first-order chi connectivity index (χ1) is 9.36. The lowest BCUT2D eigenvalue weighted by molar-refractivity contribution is -0.122. The van der Waals surface area contributed by atoms with E-state index in [9.17, 15) is 9.59 Å². The number of carbonyl (C=O) groups is 2. The van der Waals surface area contributed by atoms with E-state index >= 15 is 0 Å². The van der Waals surface area contributed by atoms with E-state index in [4.69, 9.17) is 10.5 Å². The van der Waals surface area contributed by atoms with Crippen molar-refractivity contribution >= 4 is 17.5 Å². The quantitative estimate of drug-likeness (QED) is 0.783. The van der Waals surface area contributed by atoms with Gasteiger partial charge in [-0.3, -0.25) is 9.59 Å². The van der Waals surface area contributed by atoms with Gasteiger partial charge in [-0.25, -0.2) is 0 Å². The van der Waals surface area contributed by atoms with E-state index in [1.807, 2.05) is 13.8 Å². The van der Waals surface area contributed by atoms with Crippen LogP contribution in [-0.4, -0.2) is 43.5 Å². The van der Waals surface area contributed by atoms with Crippen LogP contribution in [0.3, 0.4) is 0 Å². The van der Waals surface area contributed by atoms with Gasteiger partial charge in [0.2, 0.25) is 5.91 Å². The summed E-state index contributed by atoms with van der Waals surface area (Å²) in [4.78, 5) is 25.3. The van der Waals surface area contributed by atoms with Crippen LogP contribution in [0.1, 0.15) is 24.2 Å². The molecule has 0 heterocycles. The van der Waals surface area contributed by atoms with Gasteiger partial charge in [0.05, 0.1) is 13.7 Å². The number of amides is 2. The summed E-state index contributed by atoms with van der Waals surface area (Å²) in [6.07, 6.45) is 0. The Kier molecular flexibility index (Phi) is 5.37. The Hall–Kier alpha value is -2.24. The SMILES string of the molecule is COc1cccc(N)c1C(=O)N(C)CC(=O)NC(C)C. The van der Waals surface area contributed by atoms with Gasteiger partial charge >= 0.3 is 0 Å². The number of nitrogens with one attached hydrogen (secondary N) is 1. The zero-order chi connectivity index (χ0) is 15.3. The second-order valence-electron chi connectivity index (χ2n) is 4.81. The molecule has 6 heteroatoms. The average Bonchev–Trinajstić information content (AvgIpc) is 2.36. The number of nitrogens with two attached hydrogens (primary N) is 1. The normalized spacial score (nSPS) is 10.2. The zero-order valence-corrected chi connectivity index (χ0v) is 12.3. The number of rotatable bonds is 5. The number of carbonyl (C=O) groups excluding carboxylic acids is 2. The third-order valence-corrected chi connectivity index (χ3v) is 2.67. The summed E-state index contributed by atoms with van der Waals surface area (Å²) in [5, 5.41) is 2.73. The molecule has 1 rings (SSSR count). The summed E-state index contributed by atoms with van der Waals surface area (Å²) in [6.45, 7) is 3.68. The molecule has 0 radical (unpaired) electrons. The highest BCUT2D eigenvalue weighted by molar-refractivity contribution is 6.03. The second-order valence-corrected chi connectivity index (χ2v) is 4.81. The summed E-state index contributed by atoms with van der Waals surface area (Å²) in [5.41, 5.74) is 6.42. The fourth-order valence-electron chi connectivity index (χ4n) is 1.79. The van der Waals surface area contributed by atoms with Crippen molar-refractivity contribution in [1.82, 2.24) is 10.2 Å². The van der Waals surface area contributed by atoms with Crippen molar-refractivity contribution in [3.05, 3.63) is 23.8 Å². The minimum absolute atomic E-state index is 0.0299. The van der Waals surface area contributed by atoms with Crippen molar-refractivity contribution in [1.29, 1.82) is 0 Å². The highest BCUT2D eigenvalue weighted by Crippen LogP contribution is 2.25. The van der Waals surface area contributed by atoms with E-state index in [1.165, 1.54) is 12.0 Å². The van der Waals surface area contributed by atoms with Gasteiger partial charge < -0.3 is 20.7 Å². The summed E-state index contributed by atoms with van der Waals surface area (Å²) in [6, 6.07) is 5.02. The van der Waals surface area contributed by atoms with Crippen LogP contribution < -0.4 is 15.8 Å². The Morgan fingerprint density at radius 2 is 2.05 bits per heavy atom. The van der Waals surface area contributed by atoms with Crippen molar-refractivity contribution in [3.63, 3.8) is 0 Å². The molecule has 2 amide bonds. The van der Waals surface area contributed by atoms with Gasteiger partial charge in [0.15, 0.2) is 0 Å². The van der Waals surface area contributed by atoms with Crippen molar-refractivity contribution in [2.75, 3.05) is 26.4 Å². The van der Waals surface area contributed by atoms with Crippen LogP contribution in [0, 0.1) is 0 Å². The number of hydrogen-bond donors (Lipinski definition) is 2. The molecule has 0 aromatic heterocycles. The van der Waals surface area contributed by atoms with Crippen LogP contribution in [0.4, 0.5) is 5.69 Å². The molecule has 0 fully saturated rings. The fraction of sp³-hybridized carbons (Fsp3) is 0.429. The van der Waals surface area contributed by atoms with Crippen LogP contribution in [0.25, 0.3) is 0 Å². The Bertz CT molecular complexity index is 500. The monoisotopic (exact) mass is 279 g/mol. The molecule has 1 aromatic rings. The van der Waals surface area contributed by atoms with Crippen molar-refractivity contribution in [2.45, 2.75) is 19.9 Å². The third-order valence-electron chi connectivity index (χ3n) is 2.67. The highest BCUT2D eigenvalue weighted by atomic mass is 16.5. The van der Waals surface area contributed by atoms with E-state index < -0.39 is 0 Å². The number of nitrogens with zero attached hydrogens (tertiary/aromatic N) is 1. The largest absolute Gasteiger partial charge is 0.496 e. The molecular formula is C14H21N3O3. The Morgan fingerprint density at radius 3 is 2.60 bits per heavy atom. The molecule has 0 aliphatic rings. The molecule has 0 saturated heterocycles. The number of methoxy groups -OCH3 is 1. The Morgan fingerprint density at radius 1 is 1.40 bits per heavy atom. The average molecular weight is 279 g/mol. The lowest BCUT2D eigenvalue weighted by atomic mass is 10.1. The first-order valence-corrected chi connectivity index (χ1v) is 6.34. The second kappa shape index (κ2) is 6.79. The molecule has 0 bridgehead atoms. The first kappa shape index (κ1) is 15.8. The van der Waals surface area contributed by atoms with Crippen molar-refractivity contribution in [2.24, 2.45) is 0 Å². The minimum atomic E-state index is -0.348. The molecule has 0 atom stereocenters. The molecule has 0 aliphatic carbocycles. The standard InChI is InChI=1S/C14H21N3O3/c1-9(2)16-12(18)8-17(3)14(19)13-10(15)6-5-7-11(13)20-4/h5-7,9H,8,15H2,1-4H3,(H,16,18). The van der Waals surface area contributed by atoms with Crippen LogP contribution in [0.5, 0.6) is 5.75 Å². The van der Waals surface area contributed by atoms with Gasteiger partial charge in [0, 0.05) is 18.8 Å². The molecule has 6 nitrogen and oxygen atoms in total. The van der Waals surface area contributed by atoms with Gasteiger partial charge in [0.25, 0.3) is 5.91 Å². The predicted octanol–water partition coefficient (Wildman–Crippen LogP) is 0.874. The first-order valence-electron chi connectivity index (χ1n) is 6.34. The summed E-state index contributed by atoms with van der Waals surface area (Å²) < 4.78 is 5.14. The van der Waals surface area contributed by atoms with Crippen LogP contribution in [0.15, 0.2) is 18.2 Å². The van der Waals surface area contributed by atoms with Crippen LogP contribution in [-0.2, 0) is 4.79 Å². The summed E-state index contributed by atoms with van der Waals surface area (Å²) in [5.74, 6) is -0.172. The highest BCUT2D eigenvalue weighted by Gasteiger charge is 2.21. The summed E-state index contributed by atoms with van der Waals surface area (Å²) in [7, 11) is 3.02. The minimum Gasteiger partial charge on any atom is -0.496 e. The maximum absolute atomic E-state index is 12.4. The predicted molar refractivity (Wildman–Crippen MR) is 77.6 cm³/mol. The molecule has 0 spiro atoms. The number of ether oxygens (including phenoxy) is 1. The molecule has 0 unspecified atom stereocenters. The lowest BCUT2D eigenvalue weighted by Crippen LogP contribution is -2.41. The number of likely N-dealkylation sites (N-methyl/N-ethyl adjacent to an activating group) is 1. The van der Waals surface area contributed by atoms with Gasteiger partial charge in [-0.1, -0.05) is 6.07 Å². The third kappa shape index (κ3) is 3.88. The van der Waals surface area contributed by atoms with Crippen LogP contribution >= 0.6 is 0 Å². The Labute approximate surface area is 118 Å². The lowest BCUT2D eigenvalue weighted by Gasteiger charge is -2.20. The van der Waals surface area contributed by atoms with Gasteiger partial charge in [0.1, 0.15) is 11.3 Å².